The standard InChI is InChI=1S/C21H21ClN2OS/c1-21(2,3)15-6-10-17(11-7-15)23-19(25)12-18-13-26-20(24-18)14-4-8-16(22)9-5-14/h4-11,13H,12H2,1-3H3,(H,23,25). The molecule has 0 aliphatic carbocycles. The second-order valence-electron chi connectivity index (χ2n) is 7.20. The van der Waals surface area contributed by atoms with Crippen molar-refractivity contribution in [2.75, 3.05) is 5.32 Å². The number of anilines is 1. The molecule has 1 N–H and O–H groups in total. The van der Waals surface area contributed by atoms with Crippen molar-refractivity contribution >= 4 is 34.5 Å². The highest BCUT2D eigenvalue weighted by molar-refractivity contribution is 7.13. The predicted molar refractivity (Wildman–Crippen MR) is 110 cm³/mol. The van der Waals surface area contributed by atoms with E-state index in [1.807, 2.05) is 41.8 Å². The third kappa shape index (κ3) is 4.71. The van der Waals surface area contributed by atoms with E-state index in [1.54, 1.807) is 0 Å². The number of carbonyl (C=O) groups excluding carboxylic acids is 1. The van der Waals surface area contributed by atoms with Crippen molar-refractivity contribution in [3.8, 4) is 10.6 Å². The van der Waals surface area contributed by atoms with Crippen molar-refractivity contribution in [3.05, 3.63) is 70.2 Å². The summed E-state index contributed by atoms with van der Waals surface area (Å²) in [6.45, 7) is 6.50. The molecule has 134 valence electrons. The van der Waals surface area contributed by atoms with Crippen LogP contribution in [0.2, 0.25) is 5.02 Å². The molecule has 0 atom stereocenters. The van der Waals surface area contributed by atoms with Crippen LogP contribution < -0.4 is 5.32 Å². The fourth-order valence-electron chi connectivity index (χ4n) is 2.54. The molecule has 3 nitrogen and oxygen atoms in total. The molecule has 5 heteroatoms. The Bertz CT molecular complexity index is 893. The van der Waals surface area contributed by atoms with Crippen LogP contribution in [0.25, 0.3) is 10.6 Å². The summed E-state index contributed by atoms with van der Waals surface area (Å²) in [4.78, 5) is 16.8. The minimum Gasteiger partial charge on any atom is -0.326 e. The fraction of sp³-hybridized carbons (Fsp3) is 0.238. The number of amides is 1. The summed E-state index contributed by atoms with van der Waals surface area (Å²) < 4.78 is 0. The molecule has 1 amide bonds. The van der Waals surface area contributed by atoms with Crippen LogP contribution in [0.1, 0.15) is 32.0 Å². The number of nitrogens with one attached hydrogen (secondary N) is 1. The van der Waals surface area contributed by atoms with E-state index in [1.165, 1.54) is 16.9 Å². The molecule has 0 unspecified atom stereocenters. The third-order valence-electron chi connectivity index (χ3n) is 4.02. The predicted octanol–water partition coefficient (Wildman–Crippen LogP) is 5.94. The van der Waals surface area contributed by atoms with Crippen LogP contribution in [-0.4, -0.2) is 10.9 Å². The summed E-state index contributed by atoms with van der Waals surface area (Å²) in [5.74, 6) is -0.0681. The Morgan fingerprint density at radius 1 is 1.08 bits per heavy atom. The largest absolute Gasteiger partial charge is 0.326 e. The highest BCUT2D eigenvalue weighted by atomic mass is 35.5. The molecular weight excluding hydrogens is 364 g/mol. The van der Waals surface area contributed by atoms with Gasteiger partial charge in [-0.3, -0.25) is 4.79 Å². The van der Waals surface area contributed by atoms with Crippen LogP contribution in [0.15, 0.2) is 53.9 Å². The molecule has 1 aromatic heterocycles. The molecule has 0 bridgehead atoms. The van der Waals surface area contributed by atoms with Gasteiger partial charge in [-0.15, -0.1) is 11.3 Å². The Hall–Kier alpha value is -2.17. The molecule has 2 aromatic carbocycles. The molecule has 0 aliphatic rings. The molecule has 0 saturated carbocycles. The second-order valence-corrected chi connectivity index (χ2v) is 8.50. The summed E-state index contributed by atoms with van der Waals surface area (Å²) >= 11 is 7.44. The number of aromatic nitrogens is 1. The molecule has 3 rings (SSSR count). The smallest absolute Gasteiger partial charge is 0.230 e. The van der Waals surface area contributed by atoms with Gasteiger partial charge in [-0.2, -0.15) is 0 Å². The summed E-state index contributed by atoms with van der Waals surface area (Å²) in [6, 6.07) is 15.5. The quantitative estimate of drug-likeness (QED) is 0.604. The van der Waals surface area contributed by atoms with Crippen molar-refractivity contribution in [2.45, 2.75) is 32.6 Å². The summed E-state index contributed by atoms with van der Waals surface area (Å²) in [5.41, 5.74) is 3.91. The Morgan fingerprint density at radius 2 is 1.73 bits per heavy atom. The molecule has 26 heavy (non-hydrogen) atoms. The van der Waals surface area contributed by atoms with Crippen LogP contribution in [0, 0.1) is 0 Å². The van der Waals surface area contributed by atoms with Gasteiger partial charge in [0.25, 0.3) is 0 Å². The topological polar surface area (TPSA) is 42.0 Å². The number of thiazole rings is 1. The zero-order valence-corrected chi connectivity index (χ0v) is 16.6. The van der Waals surface area contributed by atoms with E-state index in [9.17, 15) is 4.79 Å². The monoisotopic (exact) mass is 384 g/mol. The van der Waals surface area contributed by atoms with Crippen LogP contribution in [-0.2, 0) is 16.6 Å². The Morgan fingerprint density at radius 3 is 2.35 bits per heavy atom. The molecule has 3 aromatic rings. The van der Waals surface area contributed by atoms with Crippen molar-refractivity contribution in [3.63, 3.8) is 0 Å². The summed E-state index contributed by atoms with van der Waals surface area (Å²) in [6.07, 6.45) is 0.255. The number of hydrogen-bond donors (Lipinski definition) is 1. The average molecular weight is 385 g/mol. The first-order chi connectivity index (χ1) is 12.3. The first-order valence-corrected chi connectivity index (χ1v) is 9.68. The first kappa shape index (κ1) is 18.6. The first-order valence-electron chi connectivity index (χ1n) is 8.42. The summed E-state index contributed by atoms with van der Waals surface area (Å²) in [7, 11) is 0. The van der Waals surface area contributed by atoms with Gasteiger partial charge < -0.3 is 5.32 Å². The van der Waals surface area contributed by atoms with E-state index in [0.717, 1.165) is 22.0 Å². The lowest BCUT2D eigenvalue weighted by molar-refractivity contribution is -0.115. The van der Waals surface area contributed by atoms with Crippen LogP contribution in [0.3, 0.4) is 0 Å². The number of hydrogen-bond acceptors (Lipinski definition) is 3. The van der Waals surface area contributed by atoms with Gasteiger partial charge in [0, 0.05) is 21.7 Å². The number of halogens is 1. The number of rotatable bonds is 4. The molecule has 0 aliphatic heterocycles. The van der Waals surface area contributed by atoms with E-state index < -0.39 is 0 Å². The molecule has 0 saturated heterocycles. The van der Waals surface area contributed by atoms with E-state index in [-0.39, 0.29) is 17.7 Å². The minimum atomic E-state index is -0.0681. The maximum absolute atomic E-state index is 12.3. The lowest BCUT2D eigenvalue weighted by atomic mass is 9.87. The lowest BCUT2D eigenvalue weighted by Gasteiger charge is -2.19. The van der Waals surface area contributed by atoms with Gasteiger partial charge in [0.05, 0.1) is 12.1 Å². The van der Waals surface area contributed by atoms with Gasteiger partial charge >= 0.3 is 0 Å². The SMILES string of the molecule is CC(C)(C)c1ccc(NC(=O)Cc2csc(-c3ccc(Cl)cc3)n2)cc1. The highest BCUT2D eigenvalue weighted by Gasteiger charge is 2.14. The van der Waals surface area contributed by atoms with E-state index in [4.69, 9.17) is 11.6 Å². The second kappa shape index (κ2) is 7.60. The van der Waals surface area contributed by atoms with Crippen LogP contribution in [0.5, 0.6) is 0 Å². The third-order valence-corrected chi connectivity index (χ3v) is 5.21. The lowest BCUT2D eigenvalue weighted by Crippen LogP contribution is -2.15. The van der Waals surface area contributed by atoms with Crippen molar-refractivity contribution in [1.29, 1.82) is 0 Å². The van der Waals surface area contributed by atoms with Gasteiger partial charge in [0.1, 0.15) is 5.01 Å². The Labute approximate surface area is 163 Å². The maximum Gasteiger partial charge on any atom is 0.230 e. The van der Waals surface area contributed by atoms with Crippen LogP contribution in [0.4, 0.5) is 5.69 Å². The molecule has 0 spiro atoms. The van der Waals surface area contributed by atoms with Crippen molar-refractivity contribution in [1.82, 2.24) is 4.98 Å². The van der Waals surface area contributed by atoms with Gasteiger partial charge in [0.2, 0.25) is 5.91 Å². The van der Waals surface area contributed by atoms with E-state index in [0.29, 0.717) is 5.02 Å². The number of benzene rings is 2. The normalized spacial score (nSPS) is 11.4. The average Bonchev–Trinajstić information content (AvgIpc) is 3.03. The van der Waals surface area contributed by atoms with E-state index >= 15 is 0 Å². The van der Waals surface area contributed by atoms with Crippen molar-refractivity contribution < 1.29 is 4.79 Å². The van der Waals surface area contributed by atoms with Gasteiger partial charge in [-0.25, -0.2) is 4.98 Å². The minimum absolute atomic E-state index is 0.0681. The maximum atomic E-state index is 12.3. The highest BCUT2D eigenvalue weighted by Crippen LogP contribution is 2.26. The van der Waals surface area contributed by atoms with E-state index in [2.05, 4.69) is 43.2 Å². The Balaban J connectivity index is 1.62. The number of nitrogens with zero attached hydrogens (tertiary/aromatic N) is 1. The zero-order valence-electron chi connectivity index (χ0n) is 15.0. The van der Waals surface area contributed by atoms with Crippen LogP contribution >= 0.6 is 22.9 Å². The van der Waals surface area contributed by atoms with Gasteiger partial charge in [-0.1, -0.05) is 56.6 Å². The zero-order chi connectivity index (χ0) is 18.7. The van der Waals surface area contributed by atoms with Gasteiger partial charge in [0.15, 0.2) is 0 Å². The van der Waals surface area contributed by atoms with Gasteiger partial charge in [-0.05, 0) is 35.2 Å². The molecular formula is C21H21ClN2OS. The molecule has 1 heterocycles. The molecule has 0 fully saturated rings. The molecule has 0 radical (unpaired) electrons. The fourth-order valence-corrected chi connectivity index (χ4v) is 3.49. The van der Waals surface area contributed by atoms with Crippen molar-refractivity contribution in [2.24, 2.45) is 0 Å². The summed E-state index contributed by atoms with van der Waals surface area (Å²) in [5, 5.41) is 6.44. The number of carbonyl (C=O) groups is 1. The Kier molecular flexibility index (Phi) is 5.44.